The van der Waals surface area contributed by atoms with Gasteiger partial charge in [0.2, 0.25) is 5.82 Å². The van der Waals surface area contributed by atoms with Crippen LogP contribution in [-0.2, 0) is 20.7 Å². The molecule has 9 nitrogen and oxygen atoms in total. The lowest BCUT2D eigenvalue weighted by Crippen LogP contribution is -2.41. The minimum atomic E-state index is -1.24. The van der Waals surface area contributed by atoms with Gasteiger partial charge in [0.1, 0.15) is 11.9 Å². The second kappa shape index (κ2) is 7.98. The SMILES string of the molecule is CCCc1nc(C(=O)NC(CCC(=O)OC)C(=O)O)n[nH]1. The maximum Gasteiger partial charge on any atom is 0.326 e. The number of methoxy groups -OCH3 is 1. The largest absolute Gasteiger partial charge is 0.480 e. The van der Waals surface area contributed by atoms with E-state index in [1.807, 2.05) is 6.92 Å². The third-order valence-electron chi connectivity index (χ3n) is 2.69. The topological polar surface area (TPSA) is 134 Å². The van der Waals surface area contributed by atoms with Gasteiger partial charge in [-0.1, -0.05) is 6.92 Å². The fraction of sp³-hybridized carbons (Fsp3) is 0.583. The number of nitrogens with zero attached hydrogens (tertiary/aromatic N) is 2. The minimum Gasteiger partial charge on any atom is -0.480 e. The molecule has 1 aromatic rings. The molecule has 1 rings (SSSR count). The molecule has 0 aliphatic heterocycles. The van der Waals surface area contributed by atoms with Gasteiger partial charge in [0.15, 0.2) is 0 Å². The summed E-state index contributed by atoms with van der Waals surface area (Å²) < 4.78 is 4.43. The Hall–Kier alpha value is -2.45. The molecule has 0 spiro atoms. The number of rotatable bonds is 8. The van der Waals surface area contributed by atoms with Crippen LogP contribution in [0.3, 0.4) is 0 Å². The maximum atomic E-state index is 11.9. The summed E-state index contributed by atoms with van der Waals surface area (Å²) >= 11 is 0. The van der Waals surface area contributed by atoms with Crippen LogP contribution in [0.15, 0.2) is 0 Å². The number of carboxylic acids is 1. The van der Waals surface area contributed by atoms with Crippen LogP contribution in [0.5, 0.6) is 0 Å². The summed E-state index contributed by atoms with van der Waals surface area (Å²) in [6.07, 6.45) is 1.31. The zero-order valence-electron chi connectivity index (χ0n) is 11.9. The highest BCUT2D eigenvalue weighted by molar-refractivity contribution is 5.93. The molecule has 1 amide bonds. The van der Waals surface area contributed by atoms with Gasteiger partial charge in [-0.25, -0.2) is 9.78 Å². The number of aromatic amines is 1. The first-order valence-corrected chi connectivity index (χ1v) is 6.49. The van der Waals surface area contributed by atoms with Crippen molar-refractivity contribution >= 4 is 17.8 Å². The molecule has 1 unspecified atom stereocenters. The van der Waals surface area contributed by atoms with Crippen molar-refractivity contribution in [2.75, 3.05) is 7.11 Å². The Labute approximate surface area is 121 Å². The van der Waals surface area contributed by atoms with Crippen LogP contribution in [0.4, 0.5) is 0 Å². The molecule has 1 aromatic heterocycles. The number of esters is 1. The predicted octanol–water partition coefficient (Wildman–Crippen LogP) is -0.107. The summed E-state index contributed by atoms with van der Waals surface area (Å²) in [6.45, 7) is 1.95. The van der Waals surface area contributed by atoms with Crippen molar-refractivity contribution in [2.24, 2.45) is 0 Å². The van der Waals surface area contributed by atoms with E-state index in [-0.39, 0.29) is 18.7 Å². The van der Waals surface area contributed by atoms with Gasteiger partial charge in [-0.2, -0.15) is 0 Å². The van der Waals surface area contributed by atoms with Gasteiger partial charge >= 0.3 is 11.9 Å². The first kappa shape index (κ1) is 16.6. The molecule has 1 atom stereocenters. The van der Waals surface area contributed by atoms with Crippen molar-refractivity contribution < 1.29 is 24.2 Å². The zero-order valence-corrected chi connectivity index (χ0v) is 11.9. The number of aliphatic carboxylic acids is 1. The van der Waals surface area contributed by atoms with Crippen LogP contribution in [0, 0.1) is 0 Å². The standard InChI is InChI=1S/C12H18N4O5/c1-3-4-8-14-10(16-15-8)11(18)13-7(12(19)20)5-6-9(17)21-2/h7H,3-6H2,1-2H3,(H,13,18)(H,19,20)(H,14,15,16). The molecular formula is C12H18N4O5. The van der Waals surface area contributed by atoms with Crippen molar-refractivity contribution in [1.82, 2.24) is 20.5 Å². The van der Waals surface area contributed by atoms with Gasteiger partial charge in [0.25, 0.3) is 5.91 Å². The smallest absolute Gasteiger partial charge is 0.326 e. The lowest BCUT2D eigenvalue weighted by Gasteiger charge is -2.12. The van der Waals surface area contributed by atoms with Crippen LogP contribution in [-0.4, -0.2) is 51.3 Å². The van der Waals surface area contributed by atoms with Gasteiger partial charge in [0, 0.05) is 12.8 Å². The van der Waals surface area contributed by atoms with Crippen LogP contribution < -0.4 is 5.32 Å². The molecule has 0 bridgehead atoms. The molecule has 1 heterocycles. The number of amides is 1. The number of hydrogen-bond acceptors (Lipinski definition) is 6. The molecule has 0 saturated carbocycles. The highest BCUT2D eigenvalue weighted by atomic mass is 16.5. The normalized spacial score (nSPS) is 11.7. The van der Waals surface area contributed by atoms with E-state index >= 15 is 0 Å². The Morgan fingerprint density at radius 3 is 2.71 bits per heavy atom. The average molecular weight is 298 g/mol. The van der Waals surface area contributed by atoms with Crippen molar-refractivity contribution in [3.05, 3.63) is 11.6 Å². The van der Waals surface area contributed by atoms with Gasteiger partial charge in [-0.15, -0.1) is 5.10 Å². The number of H-pyrrole nitrogens is 1. The number of hydrogen-bond donors (Lipinski definition) is 3. The van der Waals surface area contributed by atoms with E-state index in [4.69, 9.17) is 5.11 Å². The van der Waals surface area contributed by atoms with Crippen LogP contribution >= 0.6 is 0 Å². The lowest BCUT2D eigenvalue weighted by atomic mass is 10.1. The second-order valence-electron chi connectivity index (χ2n) is 4.33. The highest BCUT2D eigenvalue weighted by Gasteiger charge is 2.23. The minimum absolute atomic E-state index is 0.0695. The van der Waals surface area contributed by atoms with E-state index < -0.39 is 23.9 Å². The highest BCUT2D eigenvalue weighted by Crippen LogP contribution is 2.02. The molecule has 0 fully saturated rings. The Kier molecular flexibility index (Phi) is 6.31. The Morgan fingerprint density at radius 1 is 1.43 bits per heavy atom. The monoisotopic (exact) mass is 298 g/mol. The molecular weight excluding hydrogens is 280 g/mol. The Balaban J connectivity index is 2.62. The summed E-state index contributed by atoms with van der Waals surface area (Å²) in [7, 11) is 1.21. The lowest BCUT2D eigenvalue weighted by molar-refractivity contribution is -0.142. The number of ether oxygens (including phenoxy) is 1. The van der Waals surface area contributed by atoms with Gasteiger partial charge in [-0.3, -0.25) is 14.7 Å². The van der Waals surface area contributed by atoms with E-state index in [2.05, 4.69) is 25.2 Å². The van der Waals surface area contributed by atoms with E-state index in [1.165, 1.54) is 7.11 Å². The molecule has 21 heavy (non-hydrogen) atoms. The van der Waals surface area contributed by atoms with E-state index in [9.17, 15) is 14.4 Å². The Morgan fingerprint density at radius 2 is 2.14 bits per heavy atom. The van der Waals surface area contributed by atoms with Gasteiger partial charge < -0.3 is 15.2 Å². The summed E-state index contributed by atoms with van der Waals surface area (Å²) in [4.78, 5) is 37.9. The zero-order chi connectivity index (χ0) is 15.8. The second-order valence-corrected chi connectivity index (χ2v) is 4.33. The number of nitrogens with one attached hydrogen (secondary N) is 2. The third kappa shape index (κ3) is 5.21. The van der Waals surface area contributed by atoms with E-state index in [1.54, 1.807) is 0 Å². The van der Waals surface area contributed by atoms with Crippen LogP contribution in [0.25, 0.3) is 0 Å². The average Bonchev–Trinajstić information content (AvgIpc) is 2.91. The van der Waals surface area contributed by atoms with Crippen LogP contribution in [0.1, 0.15) is 42.6 Å². The number of aryl methyl sites for hydroxylation is 1. The number of carbonyl (C=O) groups excluding carboxylic acids is 2. The molecule has 0 aliphatic rings. The Bertz CT molecular complexity index is 514. The van der Waals surface area contributed by atoms with Crippen molar-refractivity contribution in [3.63, 3.8) is 0 Å². The van der Waals surface area contributed by atoms with Gasteiger partial charge in [-0.05, 0) is 12.8 Å². The number of carbonyl (C=O) groups is 3. The maximum absolute atomic E-state index is 11.9. The molecule has 0 saturated heterocycles. The predicted molar refractivity (Wildman–Crippen MR) is 70.5 cm³/mol. The first-order valence-electron chi connectivity index (χ1n) is 6.49. The molecule has 0 aliphatic carbocycles. The fourth-order valence-corrected chi connectivity index (χ4v) is 1.59. The number of aromatic nitrogens is 3. The summed E-state index contributed by atoms with van der Waals surface area (Å²) in [5, 5.41) is 17.6. The quantitative estimate of drug-likeness (QED) is 0.570. The molecule has 0 radical (unpaired) electrons. The summed E-state index contributed by atoms with van der Waals surface area (Å²) in [5.74, 6) is -2.05. The van der Waals surface area contributed by atoms with Crippen molar-refractivity contribution in [1.29, 1.82) is 0 Å². The molecule has 3 N–H and O–H groups in total. The van der Waals surface area contributed by atoms with Crippen LogP contribution in [0.2, 0.25) is 0 Å². The summed E-state index contributed by atoms with van der Waals surface area (Å²) in [5.41, 5.74) is 0. The van der Waals surface area contributed by atoms with E-state index in [0.29, 0.717) is 12.2 Å². The summed E-state index contributed by atoms with van der Waals surface area (Å²) in [6, 6.07) is -1.20. The third-order valence-corrected chi connectivity index (χ3v) is 2.69. The molecule has 9 heteroatoms. The van der Waals surface area contributed by atoms with Crippen molar-refractivity contribution in [2.45, 2.75) is 38.6 Å². The molecule has 116 valence electrons. The van der Waals surface area contributed by atoms with Gasteiger partial charge in [0.05, 0.1) is 7.11 Å². The van der Waals surface area contributed by atoms with E-state index in [0.717, 1.165) is 6.42 Å². The fourth-order valence-electron chi connectivity index (χ4n) is 1.59. The van der Waals surface area contributed by atoms with Crippen molar-refractivity contribution in [3.8, 4) is 0 Å². The number of carboxylic acid groups (broad SMARTS) is 1. The first-order chi connectivity index (χ1) is 9.97. The molecule has 0 aromatic carbocycles.